The van der Waals surface area contributed by atoms with Gasteiger partial charge < -0.3 is 10.5 Å². The molecule has 0 spiro atoms. The topological polar surface area (TPSA) is 52.3 Å². The minimum absolute atomic E-state index is 0.00721. The minimum Gasteiger partial charge on any atom is -0.455 e. The molecule has 3 heteroatoms. The largest absolute Gasteiger partial charge is 0.455 e. The third-order valence-electron chi connectivity index (χ3n) is 2.99. The molecule has 2 N–H and O–H groups in total. The zero-order valence-corrected chi connectivity index (χ0v) is 11.1. The van der Waals surface area contributed by atoms with Crippen molar-refractivity contribution in [2.45, 2.75) is 20.3 Å². The number of hydrogen-bond donors (Lipinski definition) is 1. The molecular formula is C16H17NO2. The smallest absolute Gasteiger partial charge is 0.159 e. The molecule has 0 saturated carbocycles. The third kappa shape index (κ3) is 2.94. The molecule has 0 saturated heterocycles. The zero-order chi connectivity index (χ0) is 13.8. The number of carbonyl (C=O) groups excluding carboxylic acids is 1. The van der Waals surface area contributed by atoms with Gasteiger partial charge >= 0.3 is 0 Å². The maximum absolute atomic E-state index is 11.3. The average molecular weight is 255 g/mol. The van der Waals surface area contributed by atoms with Crippen LogP contribution in [-0.4, -0.2) is 5.78 Å². The predicted octanol–water partition coefficient (Wildman–Crippen LogP) is 3.83. The van der Waals surface area contributed by atoms with Crippen LogP contribution < -0.4 is 10.5 Å². The Labute approximate surface area is 113 Å². The lowest BCUT2D eigenvalue weighted by atomic mass is 10.1. The van der Waals surface area contributed by atoms with Gasteiger partial charge in [0.25, 0.3) is 0 Å². The first-order chi connectivity index (χ1) is 9.11. The van der Waals surface area contributed by atoms with E-state index >= 15 is 0 Å². The summed E-state index contributed by atoms with van der Waals surface area (Å²) in [7, 11) is 0. The molecule has 0 amide bonds. The minimum atomic E-state index is -0.00721. The number of benzene rings is 2. The Hall–Kier alpha value is -2.29. The van der Waals surface area contributed by atoms with Crippen molar-refractivity contribution in [2.75, 3.05) is 5.73 Å². The molecule has 0 aromatic heterocycles. The van der Waals surface area contributed by atoms with Gasteiger partial charge in [0.15, 0.2) is 5.78 Å². The van der Waals surface area contributed by atoms with Gasteiger partial charge in [-0.3, -0.25) is 4.79 Å². The van der Waals surface area contributed by atoms with Crippen molar-refractivity contribution in [3.63, 3.8) is 0 Å². The molecule has 0 bridgehead atoms. The molecule has 19 heavy (non-hydrogen) atoms. The fourth-order valence-electron chi connectivity index (χ4n) is 1.87. The van der Waals surface area contributed by atoms with Gasteiger partial charge in [-0.1, -0.05) is 25.1 Å². The van der Waals surface area contributed by atoms with Gasteiger partial charge in [0.05, 0.1) is 5.69 Å². The Morgan fingerprint density at radius 3 is 2.53 bits per heavy atom. The molecule has 3 nitrogen and oxygen atoms in total. The van der Waals surface area contributed by atoms with E-state index < -0.39 is 0 Å². The van der Waals surface area contributed by atoms with E-state index in [-0.39, 0.29) is 5.78 Å². The van der Waals surface area contributed by atoms with Gasteiger partial charge in [0.2, 0.25) is 0 Å². The molecule has 0 aliphatic heterocycles. The molecule has 0 atom stereocenters. The maximum atomic E-state index is 11.3. The monoisotopic (exact) mass is 255 g/mol. The number of para-hydroxylation sites is 1. The predicted molar refractivity (Wildman–Crippen MR) is 76.8 cm³/mol. The third-order valence-corrected chi connectivity index (χ3v) is 2.99. The quantitative estimate of drug-likeness (QED) is 0.667. The highest BCUT2D eigenvalue weighted by atomic mass is 16.5. The zero-order valence-electron chi connectivity index (χ0n) is 11.1. The molecule has 2 rings (SSSR count). The van der Waals surface area contributed by atoms with Crippen LogP contribution in [0.4, 0.5) is 5.69 Å². The summed E-state index contributed by atoms with van der Waals surface area (Å²) in [6.07, 6.45) is 0.890. The summed E-state index contributed by atoms with van der Waals surface area (Å²) in [6.45, 7) is 3.59. The average Bonchev–Trinajstić information content (AvgIpc) is 2.41. The van der Waals surface area contributed by atoms with Gasteiger partial charge in [-0.2, -0.15) is 0 Å². The number of aryl methyl sites for hydroxylation is 1. The van der Waals surface area contributed by atoms with Crippen molar-refractivity contribution in [1.82, 2.24) is 0 Å². The van der Waals surface area contributed by atoms with Crippen LogP contribution in [0.25, 0.3) is 0 Å². The molecular weight excluding hydrogens is 238 g/mol. The first-order valence-electron chi connectivity index (χ1n) is 6.28. The number of ketones is 1. The standard InChI is InChI=1S/C16H17NO2/c1-3-12-6-4-5-7-15(12)19-16-9-8-13(11(2)18)10-14(16)17/h4-10H,3,17H2,1-2H3. The lowest BCUT2D eigenvalue weighted by Crippen LogP contribution is -1.98. The second-order valence-electron chi connectivity index (χ2n) is 4.37. The Bertz CT molecular complexity index is 605. The summed E-state index contributed by atoms with van der Waals surface area (Å²) >= 11 is 0. The summed E-state index contributed by atoms with van der Waals surface area (Å²) < 4.78 is 5.83. The van der Waals surface area contributed by atoms with Crippen LogP contribution in [0.5, 0.6) is 11.5 Å². The summed E-state index contributed by atoms with van der Waals surface area (Å²) in [6, 6.07) is 12.9. The van der Waals surface area contributed by atoms with E-state index in [4.69, 9.17) is 10.5 Å². The van der Waals surface area contributed by atoms with Crippen molar-refractivity contribution in [1.29, 1.82) is 0 Å². The van der Waals surface area contributed by atoms with E-state index in [1.165, 1.54) is 6.92 Å². The van der Waals surface area contributed by atoms with Gasteiger partial charge in [0.1, 0.15) is 11.5 Å². The molecule has 0 aliphatic rings. The van der Waals surface area contributed by atoms with E-state index in [1.54, 1.807) is 18.2 Å². The van der Waals surface area contributed by atoms with E-state index in [0.717, 1.165) is 17.7 Å². The first kappa shape index (κ1) is 13.1. The molecule has 0 unspecified atom stereocenters. The van der Waals surface area contributed by atoms with E-state index in [0.29, 0.717) is 17.0 Å². The van der Waals surface area contributed by atoms with Crippen LogP contribution in [0.2, 0.25) is 0 Å². The molecule has 2 aromatic rings. The van der Waals surface area contributed by atoms with Crippen LogP contribution >= 0.6 is 0 Å². The highest BCUT2D eigenvalue weighted by Gasteiger charge is 2.08. The molecule has 2 aromatic carbocycles. The highest BCUT2D eigenvalue weighted by molar-refractivity contribution is 5.95. The number of nitrogens with two attached hydrogens (primary N) is 1. The van der Waals surface area contributed by atoms with Gasteiger partial charge in [0, 0.05) is 5.56 Å². The van der Waals surface area contributed by atoms with Crippen LogP contribution in [-0.2, 0) is 6.42 Å². The molecule has 0 aliphatic carbocycles. The SMILES string of the molecule is CCc1ccccc1Oc1ccc(C(C)=O)cc1N. The number of Topliss-reactive ketones (excluding diaryl/α,β-unsaturated/α-hetero) is 1. The molecule has 0 heterocycles. The van der Waals surface area contributed by atoms with Crippen molar-refractivity contribution >= 4 is 11.5 Å². The van der Waals surface area contributed by atoms with E-state index in [1.807, 2.05) is 24.3 Å². The number of hydrogen-bond acceptors (Lipinski definition) is 3. The molecule has 0 fully saturated rings. The van der Waals surface area contributed by atoms with Crippen LogP contribution in [0.1, 0.15) is 29.8 Å². The Balaban J connectivity index is 2.31. The maximum Gasteiger partial charge on any atom is 0.159 e. The van der Waals surface area contributed by atoms with Crippen LogP contribution in [0.3, 0.4) is 0 Å². The van der Waals surface area contributed by atoms with Crippen LogP contribution in [0.15, 0.2) is 42.5 Å². The lowest BCUT2D eigenvalue weighted by molar-refractivity contribution is 0.101. The lowest BCUT2D eigenvalue weighted by Gasteiger charge is -2.12. The molecule has 0 radical (unpaired) electrons. The number of nitrogen functional groups attached to an aromatic ring is 1. The second kappa shape index (κ2) is 5.57. The highest BCUT2D eigenvalue weighted by Crippen LogP contribution is 2.30. The number of ether oxygens (including phenoxy) is 1. The fraction of sp³-hybridized carbons (Fsp3) is 0.188. The number of carbonyl (C=O) groups is 1. The van der Waals surface area contributed by atoms with Crippen molar-refractivity contribution < 1.29 is 9.53 Å². The number of rotatable bonds is 4. The normalized spacial score (nSPS) is 10.2. The molecule has 98 valence electrons. The number of anilines is 1. The Morgan fingerprint density at radius 2 is 1.89 bits per heavy atom. The van der Waals surface area contributed by atoms with Crippen LogP contribution in [0, 0.1) is 0 Å². The Kier molecular flexibility index (Phi) is 3.85. The Morgan fingerprint density at radius 1 is 1.16 bits per heavy atom. The van der Waals surface area contributed by atoms with E-state index in [9.17, 15) is 4.79 Å². The second-order valence-corrected chi connectivity index (χ2v) is 4.37. The summed E-state index contributed by atoms with van der Waals surface area (Å²) in [5.41, 5.74) is 8.11. The van der Waals surface area contributed by atoms with Gasteiger partial charge in [-0.05, 0) is 43.2 Å². The van der Waals surface area contributed by atoms with E-state index in [2.05, 4.69) is 6.92 Å². The van der Waals surface area contributed by atoms with Gasteiger partial charge in [-0.15, -0.1) is 0 Å². The summed E-state index contributed by atoms with van der Waals surface area (Å²) in [4.78, 5) is 11.3. The van der Waals surface area contributed by atoms with Gasteiger partial charge in [-0.25, -0.2) is 0 Å². The summed E-state index contributed by atoms with van der Waals surface area (Å²) in [5, 5.41) is 0. The fourth-order valence-corrected chi connectivity index (χ4v) is 1.87. The summed E-state index contributed by atoms with van der Waals surface area (Å²) in [5.74, 6) is 1.37. The first-order valence-corrected chi connectivity index (χ1v) is 6.28. The van der Waals surface area contributed by atoms with Crippen molar-refractivity contribution in [3.05, 3.63) is 53.6 Å². The van der Waals surface area contributed by atoms with Crippen molar-refractivity contribution in [3.8, 4) is 11.5 Å². The van der Waals surface area contributed by atoms with Crippen molar-refractivity contribution in [2.24, 2.45) is 0 Å².